The zero-order valence-corrected chi connectivity index (χ0v) is 20.8. The summed E-state index contributed by atoms with van der Waals surface area (Å²) in [6.45, 7) is 3.55. The number of hydrogen-bond acceptors (Lipinski definition) is 5. The fraction of sp³-hybridized carbons (Fsp3) is 0.276. The van der Waals surface area contributed by atoms with Crippen LogP contribution in [-0.4, -0.2) is 57.6 Å². The van der Waals surface area contributed by atoms with E-state index in [2.05, 4.69) is 0 Å². The molecule has 8 heteroatoms. The maximum absolute atomic E-state index is 12.5. The number of carbonyl (C=O) groups excluding carboxylic acids is 2. The third kappa shape index (κ3) is 6.22. The van der Waals surface area contributed by atoms with Crippen molar-refractivity contribution in [3.63, 3.8) is 0 Å². The number of rotatable bonds is 10. The van der Waals surface area contributed by atoms with E-state index in [4.69, 9.17) is 10.8 Å². The molecule has 0 bridgehead atoms. The predicted octanol–water partition coefficient (Wildman–Crippen LogP) is 3.57. The van der Waals surface area contributed by atoms with Crippen molar-refractivity contribution >= 4 is 17.8 Å². The van der Waals surface area contributed by atoms with Crippen LogP contribution in [0.1, 0.15) is 56.4 Å². The van der Waals surface area contributed by atoms with Gasteiger partial charge < -0.3 is 15.9 Å². The van der Waals surface area contributed by atoms with Gasteiger partial charge in [0.2, 0.25) is 11.8 Å². The second-order valence-electron chi connectivity index (χ2n) is 9.30. The maximum atomic E-state index is 12.5. The highest BCUT2D eigenvalue weighted by molar-refractivity contribution is 5.93. The van der Waals surface area contributed by atoms with Crippen molar-refractivity contribution in [2.75, 3.05) is 19.6 Å². The number of aliphatic hydroxyl groups excluding tert-OH is 1. The van der Waals surface area contributed by atoms with Crippen molar-refractivity contribution in [3.8, 4) is 11.1 Å². The predicted molar refractivity (Wildman–Crippen MR) is 140 cm³/mol. The number of carboxylic acids is 1. The summed E-state index contributed by atoms with van der Waals surface area (Å²) in [6.07, 6.45) is 0.802. The molecule has 3 aromatic carbocycles. The van der Waals surface area contributed by atoms with Crippen molar-refractivity contribution in [1.82, 2.24) is 10.0 Å². The highest BCUT2D eigenvalue weighted by atomic mass is 16.4. The number of hydrogen-bond donors (Lipinski definition) is 3. The number of nitrogens with two attached hydrogens (primary N) is 1. The van der Waals surface area contributed by atoms with Gasteiger partial charge in [-0.05, 0) is 77.9 Å². The first-order valence-corrected chi connectivity index (χ1v) is 12.3. The Labute approximate surface area is 215 Å². The number of aryl methyl sites for hydroxylation is 1. The second-order valence-corrected chi connectivity index (χ2v) is 9.30. The van der Waals surface area contributed by atoms with Gasteiger partial charge in [-0.3, -0.25) is 14.6 Å². The van der Waals surface area contributed by atoms with E-state index in [0.717, 1.165) is 27.8 Å². The van der Waals surface area contributed by atoms with E-state index in [1.807, 2.05) is 42.3 Å². The van der Waals surface area contributed by atoms with E-state index in [1.54, 1.807) is 41.4 Å². The normalized spacial score (nSPS) is 14.6. The molecule has 37 heavy (non-hydrogen) atoms. The molecule has 2 amide bonds. The van der Waals surface area contributed by atoms with Crippen LogP contribution in [0.15, 0.2) is 66.7 Å². The van der Waals surface area contributed by atoms with Gasteiger partial charge >= 0.3 is 5.97 Å². The van der Waals surface area contributed by atoms with E-state index in [0.29, 0.717) is 44.5 Å². The molecule has 1 aliphatic rings. The minimum absolute atomic E-state index is 0.0496. The zero-order chi connectivity index (χ0) is 26.5. The lowest BCUT2D eigenvalue weighted by Crippen LogP contribution is -2.41. The number of amides is 2. The average Bonchev–Trinajstić information content (AvgIpc) is 3.25. The Bertz CT molecular complexity index is 1310. The fourth-order valence-electron chi connectivity index (χ4n) is 4.67. The standard InChI is InChI=1S/C29H31N3O5/c1-19-17-24(28(30)35)9-10-25(19)22-3-2-4-23(18-22)26(33)12-14-31-15-13-27(34)32(31)16-11-20-5-7-21(8-6-20)29(36)37/h2-10,17-18,26,33H,11-16H2,1H3,(H2,30,35)(H,36,37)/t26-/m0/s1. The molecule has 1 atom stereocenters. The Morgan fingerprint density at radius 2 is 1.73 bits per heavy atom. The highest BCUT2D eigenvalue weighted by Crippen LogP contribution is 2.28. The largest absolute Gasteiger partial charge is 0.478 e. The smallest absolute Gasteiger partial charge is 0.335 e. The van der Waals surface area contributed by atoms with Gasteiger partial charge in [0.05, 0.1) is 11.7 Å². The molecule has 0 unspecified atom stereocenters. The third-order valence-corrected chi connectivity index (χ3v) is 6.78. The molecule has 1 fully saturated rings. The molecule has 4 rings (SSSR count). The van der Waals surface area contributed by atoms with Crippen molar-refractivity contribution in [2.45, 2.75) is 32.3 Å². The topological polar surface area (TPSA) is 124 Å². The van der Waals surface area contributed by atoms with Gasteiger partial charge in [0.1, 0.15) is 0 Å². The van der Waals surface area contributed by atoms with Crippen molar-refractivity contribution in [2.24, 2.45) is 5.73 Å². The summed E-state index contributed by atoms with van der Waals surface area (Å²) in [4.78, 5) is 35.0. The number of aromatic carboxylic acids is 1. The van der Waals surface area contributed by atoms with Crippen LogP contribution in [0.4, 0.5) is 0 Å². The van der Waals surface area contributed by atoms with Crippen LogP contribution in [0.25, 0.3) is 11.1 Å². The summed E-state index contributed by atoms with van der Waals surface area (Å²) in [5.41, 5.74) is 10.6. The fourth-order valence-corrected chi connectivity index (χ4v) is 4.67. The summed E-state index contributed by atoms with van der Waals surface area (Å²) in [6, 6.07) is 19.7. The van der Waals surface area contributed by atoms with Gasteiger partial charge in [-0.25, -0.2) is 9.80 Å². The summed E-state index contributed by atoms with van der Waals surface area (Å²) in [7, 11) is 0. The molecule has 0 saturated carbocycles. The van der Waals surface area contributed by atoms with Crippen LogP contribution < -0.4 is 5.73 Å². The van der Waals surface area contributed by atoms with Gasteiger partial charge in [-0.15, -0.1) is 0 Å². The Hall–Kier alpha value is -4.01. The van der Waals surface area contributed by atoms with Gasteiger partial charge in [0.25, 0.3) is 0 Å². The molecule has 1 heterocycles. The molecule has 192 valence electrons. The summed E-state index contributed by atoms with van der Waals surface area (Å²) < 4.78 is 0. The number of carboxylic acid groups (broad SMARTS) is 1. The lowest BCUT2D eigenvalue weighted by Gasteiger charge is -2.29. The number of nitrogens with zero attached hydrogens (tertiary/aromatic N) is 2. The number of aliphatic hydroxyl groups is 1. The lowest BCUT2D eigenvalue weighted by atomic mass is 9.95. The van der Waals surface area contributed by atoms with Crippen molar-refractivity contribution in [3.05, 3.63) is 94.5 Å². The Morgan fingerprint density at radius 3 is 2.41 bits per heavy atom. The molecule has 1 saturated heterocycles. The molecule has 1 aliphatic heterocycles. The van der Waals surface area contributed by atoms with Crippen LogP contribution in [0.3, 0.4) is 0 Å². The summed E-state index contributed by atoms with van der Waals surface area (Å²) in [5, 5.41) is 23.7. The molecule has 0 spiro atoms. The second kappa shape index (κ2) is 11.4. The van der Waals surface area contributed by atoms with Gasteiger partial charge in [-0.1, -0.05) is 36.4 Å². The van der Waals surface area contributed by atoms with E-state index in [9.17, 15) is 19.5 Å². The van der Waals surface area contributed by atoms with E-state index < -0.39 is 18.0 Å². The number of primary amides is 1. The Kier molecular flexibility index (Phi) is 8.01. The number of benzene rings is 3. The molecule has 4 N–H and O–H groups in total. The first-order chi connectivity index (χ1) is 17.7. The SMILES string of the molecule is Cc1cc(C(N)=O)ccc1-c1cccc([C@@H](O)CCN2CCC(=O)N2CCc2ccc(C(=O)O)cc2)c1. The first-order valence-electron chi connectivity index (χ1n) is 12.3. The summed E-state index contributed by atoms with van der Waals surface area (Å²) in [5.74, 6) is -1.38. The molecule has 8 nitrogen and oxygen atoms in total. The van der Waals surface area contributed by atoms with Crippen LogP contribution in [-0.2, 0) is 11.2 Å². The zero-order valence-electron chi connectivity index (χ0n) is 20.8. The van der Waals surface area contributed by atoms with E-state index >= 15 is 0 Å². The van der Waals surface area contributed by atoms with Crippen LogP contribution >= 0.6 is 0 Å². The first kappa shape index (κ1) is 26.1. The van der Waals surface area contributed by atoms with Crippen LogP contribution in [0.5, 0.6) is 0 Å². The molecule has 0 aromatic heterocycles. The molecule has 3 aromatic rings. The molecule has 0 aliphatic carbocycles. The van der Waals surface area contributed by atoms with E-state index in [1.165, 1.54) is 0 Å². The molecular formula is C29H31N3O5. The number of hydrazine groups is 1. The monoisotopic (exact) mass is 501 g/mol. The lowest BCUT2D eigenvalue weighted by molar-refractivity contribution is -0.138. The minimum atomic E-state index is -0.965. The minimum Gasteiger partial charge on any atom is -0.478 e. The van der Waals surface area contributed by atoms with Crippen molar-refractivity contribution in [1.29, 1.82) is 0 Å². The third-order valence-electron chi connectivity index (χ3n) is 6.78. The summed E-state index contributed by atoms with van der Waals surface area (Å²) >= 11 is 0. The van der Waals surface area contributed by atoms with Crippen LogP contribution in [0, 0.1) is 6.92 Å². The van der Waals surface area contributed by atoms with Crippen molar-refractivity contribution < 1.29 is 24.6 Å². The highest BCUT2D eigenvalue weighted by Gasteiger charge is 2.28. The molecule has 0 radical (unpaired) electrons. The van der Waals surface area contributed by atoms with Gasteiger partial charge in [-0.2, -0.15) is 0 Å². The average molecular weight is 502 g/mol. The Balaban J connectivity index is 1.37. The number of carbonyl (C=O) groups is 3. The van der Waals surface area contributed by atoms with Gasteiger partial charge in [0.15, 0.2) is 0 Å². The van der Waals surface area contributed by atoms with Gasteiger partial charge in [0, 0.05) is 31.6 Å². The Morgan fingerprint density at radius 1 is 1.00 bits per heavy atom. The van der Waals surface area contributed by atoms with E-state index in [-0.39, 0.29) is 11.5 Å². The van der Waals surface area contributed by atoms with Crippen LogP contribution in [0.2, 0.25) is 0 Å². The quantitative estimate of drug-likeness (QED) is 0.390. The maximum Gasteiger partial charge on any atom is 0.335 e. The molecular weight excluding hydrogens is 470 g/mol.